The lowest BCUT2D eigenvalue weighted by Crippen LogP contribution is -2.50. The Bertz CT molecular complexity index is 887. The first-order valence-electron chi connectivity index (χ1n) is 15.0. The second kappa shape index (κ2) is 10.6. The number of aliphatic hydroxyl groups is 1. The van der Waals surface area contributed by atoms with Gasteiger partial charge in [-0.25, -0.2) is 0 Å². The van der Waals surface area contributed by atoms with Gasteiger partial charge in [0.15, 0.2) is 5.75 Å². The molecular weight excluding hydrogens is 460 g/mol. The number of fused-ring (bicyclic) bond motifs is 5. The number of aliphatic hydroxyl groups excluding tert-OH is 1. The molecule has 6 atom stereocenters. The molecule has 0 heterocycles. The Morgan fingerprint density at radius 2 is 1.61 bits per heavy atom. The van der Waals surface area contributed by atoms with Gasteiger partial charge in [0.1, 0.15) is 5.75 Å². The molecule has 0 bridgehead atoms. The number of benzene rings is 1. The minimum absolute atomic E-state index is 0.330. The zero-order chi connectivity index (χ0) is 26.4. The van der Waals surface area contributed by atoms with Gasteiger partial charge in [-0.2, -0.15) is 0 Å². The molecule has 3 aliphatic rings. The molecule has 0 aromatic heterocycles. The number of aryl methyl sites for hydroxylation is 1. The zero-order valence-corrected chi connectivity index (χ0v) is 25.7. The molecule has 36 heavy (non-hydrogen) atoms. The number of rotatable bonds is 9. The zero-order valence-electron chi connectivity index (χ0n) is 24.7. The number of methoxy groups -OCH3 is 1. The van der Waals surface area contributed by atoms with Gasteiger partial charge in [0.2, 0.25) is 0 Å². The van der Waals surface area contributed by atoms with Gasteiger partial charge in [-0.1, -0.05) is 55.4 Å². The summed E-state index contributed by atoms with van der Waals surface area (Å²) < 4.78 is 13.2. The molecule has 204 valence electrons. The summed E-state index contributed by atoms with van der Waals surface area (Å²) in [7, 11) is -0.227. The van der Waals surface area contributed by atoms with Gasteiger partial charge >= 0.3 is 0 Å². The van der Waals surface area contributed by atoms with Crippen LogP contribution in [0.5, 0.6) is 11.5 Å². The maximum Gasteiger partial charge on any atom is 0.258 e. The highest BCUT2D eigenvalue weighted by atomic mass is 28.4. The Kier molecular flexibility index (Phi) is 8.28. The second-order valence-electron chi connectivity index (χ2n) is 13.8. The summed E-state index contributed by atoms with van der Waals surface area (Å²) in [6.07, 6.45) is 8.77. The van der Waals surface area contributed by atoms with E-state index < -0.39 is 8.32 Å². The smallest absolute Gasteiger partial charge is 0.258 e. The summed E-state index contributed by atoms with van der Waals surface area (Å²) in [4.78, 5) is 0. The fraction of sp³-hybridized carbons (Fsp3) is 0.812. The molecule has 1 N–H and O–H groups in total. The summed E-state index contributed by atoms with van der Waals surface area (Å²) in [5.74, 6) is 5.60. The Labute approximate surface area is 222 Å². The van der Waals surface area contributed by atoms with E-state index in [1.54, 1.807) is 5.56 Å². The summed E-state index contributed by atoms with van der Waals surface area (Å²) in [6.45, 7) is 19.5. The average molecular weight is 515 g/mol. The van der Waals surface area contributed by atoms with Crippen LogP contribution in [0.1, 0.15) is 111 Å². The fourth-order valence-electron chi connectivity index (χ4n) is 9.74. The van der Waals surface area contributed by atoms with Crippen molar-refractivity contribution in [2.45, 2.75) is 123 Å². The van der Waals surface area contributed by atoms with E-state index in [1.165, 1.54) is 44.1 Å². The normalized spacial score (nSPS) is 30.8. The van der Waals surface area contributed by atoms with Crippen molar-refractivity contribution >= 4 is 8.32 Å². The minimum Gasteiger partial charge on any atom is -0.540 e. The molecule has 0 spiro atoms. The predicted octanol–water partition coefficient (Wildman–Crippen LogP) is 8.74. The molecule has 1 aromatic carbocycles. The maximum atomic E-state index is 9.59. The molecule has 0 aliphatic heterocycles. The highest BCUT2D eigenvalue weighted by Gasteiger charge is 2.55. The SMILES string of the molecule is COc1cc2c(cc1O[Si](C(C)C)(C(C)C)C(C)C)CC[C@@H]1[C@@H]2CC[C@]2(C)[C@@H]([C@H](C)CCO)CC[C@@H]12. The van der Waals surface area contributed by atoms with Crippen molar-refractivity contribution in [1.29, 1.82) is 0 Å². The van der Waals surface area contributed by atoms with E-state index in [0.717, 1.165) is 35.7 Å². The molecule has 2 saturated carbocycles. The molecule has 1 aromatic rings. The van der Waals surface area contributed by atoms with Crippen LogP contribution in [0.2, 0.25) is 16.6 Å². The Balaban J connectivity index is 1.65. The summed E-state index contributed by atoms with van der Waals surface area (Å²) in [5.41, 5.74) is 5.14. The molecule has 0 amide bonds. The van der Waals surface area contributed by atoms with Gasteiger partial charge in [-0.3, -0.25) is 0 Å². The summed E-state index contributed by atoms with van der Waals surface area (Å²) in [5, 5.41) is 9.59. The van der Waals surface area contributed by atoms with E-state index in [9.17, 15) is 5.11 Å². The van der Waals surface area contributed by atoms with Crippen LogP contribution in [-0.2, 0) is 6.42 Å². The van der Waals surface area contributed by atoms with E-state index in [0.29, 0.717) is 40.5 Å². The predicted molar refractivity (Wildman–Crippen MR) is 154 cm³/mol. The first-order valence-corrected chi connectivity index (χ1v) is 17.2. The number of ether oxygens (including phenoxy) is 1. The minimum atomic E-state index is -2.05. The standard InChI is InChI=1S/C32H54O3Si/c1-20(2)36(21(3)4,22(5)6)35-31-18-24-10-11-26-25(27(24)19-30(31)34-9)14-16-32(8)28(12-13-29(26)32)23(7)15-17-33/h18-23,25-26,28-29,33H,10-17H2,1-9H3/t23-,25+,26-,28-,29+,32-/m1/s1. The van der Waals surface area contributed by atoms with Crippen LogP contribution < -0.4 is 9.16 Å². The fourth-order valence-corrected chi connectivity index (χ4v) is 15.0. The van der Waals surface area contributed by atoms with E-state index in [4.69, 9.17) is 9.16 Å². The van der Waals surface area contributed by atoms with Crippen LogP contribution in [-0.4, -0.2) is 27.1 Å². The molecule has 3 nitrogen and oxygen atoms in total. The lowest BCUT2D eigenvalue weighted by molar-refractivity contribution is 0.00769. The largest absolute Gasteiger partial charge is 0.540 e. The quantitative estimate of drug-likeness (QED) is 0.335. The first kappa shape index (κ1) is 28.0. The van der Waals surface area contributed by atoms with Gasteiger partial charge in [-0.15, -0.1) is 0 Å². The molecular formula is C32H54O3Si. The van der Waals surface area contributed by atoms with E-state index >= 15 is 0 Å². The van der Waals surface area contributed by atoms with Gasteiger partial charge in [0, 0.05) is 6.61 Å². The van der Waals surface area contributed by atoms with Crippen LogP contribution in [0, 0.1) is 29.1 Å². The lowest BCUT2D eigenvalue weighted by atomic mass is 9.53. The third-order valence-electron chi connectivity index (χ3n) is 11.3. The molecule has 0 radical (unpaired) electrons. The number of hydrogen-bond donors (Lipinski definition) is 1. The van der Waals surface area contributed by atoms with Crippen molar-refractivity contribution in [3.05, 3.63) is 23.3 Å². The van der Waals surface area contributed by atoms with Crippen LogP contribution in [0.25, 0.3) is 0 Å². The third kappa shape index (κ3) is 4.46. The molecule has 0 unspecified atom stereocenters. The molecule has 4 heteroatoms. The van der Waals surface area contributed by atoms with Crippen LogP contribution in [0.3, 0.4) is 0 Å². The van der Waals surface area contributed by atoms with Gasteiger partial charge < -0.3 is 14.3 Å². The first-order chi connectivity index (χ1) is 17.0. The monoisotopic (exact) mass is 514 g/mol. The van der Waals surface area contributed by atoms with Crippen molar-refractivity contribution in [3.63, 3.8) is 0 Å². The van der Waals surface area contributed by atoms with E-state index in [2.05, 4.69) is 67.5 Å². The molecule has 2 fully saturated rings. The molecule has 3 aliphatic carbocycles. The van der Waals surface area contributed by atoms with E-state index in [-0.39, 0.29) is 0 Å². The van der Waals surface area contributed by atoms with Gasteiger partial charge in [-0.05, 0) is 120 Å². The van der Waals surface area contributed by atoms with Gasteiger partial charge in [0.25, 0.3) is 8.32 Å². The van der Waals surface area contributed by atoms with Crippen LogP contribution in [0.4, 0.5) is 0 Å². The summed E-state index contributed by atoms with van der Waals surface area (Å²) >= 11 is 0. The average Bonchev–Trinajstić information content (AvgIpc) is 3.18. The van der Waals surface area contributed by atoms with Gasteiger partial charge in [0.05, 0.1) is 7.11 Å². The maximum absolute atomic E-state index is 9.59. The van der Waals surface area contributed by atoms with Crippen molar-refractivity contribution in [2.75, 3.05) is 13.7 Å². The van der Waals surface area contributed by atoms with E-state index in [1.807, 2.05) is 7.11 Å². The van der Waals surface area contributed by atoms with Crippen molar-refractivity contribution in [3.8, 4) is 11.5 Å². The van der Waals surface area contributed by atoms with Crippen LogP contribution in [0.15, 0.2) is 12.1 Å². The third-order valence-corrected chi connectivity index (χ3v) is 17.3. The van der Waals surface area contributed by atoms with Crippen molar-refractivity contribution < 1.29 is 14.3 Å². The molecule has 0 saturated heterocycles. The Morgan fingerprint density at radius 1 is 0.944 bits per heavy atom. The summed E-state index contributed by atoms with van der Waals surface area (Å²) in [6, 6.07) is 4.76. The highest BCUT2D eigenvalue weighted by Crippen LogP contribution is 2.65. The molecule has 4 rings (SSSR count). The Morgan fingerprint density at radius 3 is 2.19 bits per heavy atom. The lowest BCUT2D eigenvalue weighted by Gasteiger charge is -2.52. The van der Waals surface area contributed by atoms with Crippen molar-refractivity contribution in [1.82, 2.24) is 0 Å². The van der Waals surface area contributed by atoms with Crippen LogP contribution >= 0.6 is 0 Å². The van der Waals surface area contributed by atoms with Crippen molar-refractivity contribution in [2.24, 2.45) is 29.1 Å². The topological polar surface area (TPSA) is 38.7 Å². The highest BCUT2D eigenvalue weighted by molar-refractivity contribution is 6.78. The number of hydrogen-bond acceptors (Lipinski definition) is 3. The Hall–Kier alpha value is -1.00. The second-order valence-corrected chi connectivity index (χ2v) is 19.1.